The first-order chi connectivity index (χ1) is 37.8. The van der Waals surface area contributed by atoms with Crippen LogP contribution >= 0.6 is 0 Å². The van der Waals surface area contributed by atoms with Crippen LogP contribution in [0.3, 0.4) is 0 Å². The first kappa shape index (κ1) is 57.5. The maximum atomic E-state index is 16.3. The van der Waals surface area contributed by atoms with Gasteiger partial charge in [-0.25, -0.2) is 9.18 Å². The van der Waals surface area contributed by atoms with E-state index in [4.69, 9.17) is 18.9 Å². The average molecular weight is 1110 g/mol. The number of rotatable bonds is 7. The maximum Gasteiger partial charge on any atom is 0.341 e. The van der Waals surface area contributed by atoms with Gasteiger partial charge >= 0.3 is 17.7 Å². The van der Waals surface area contributed by atoms with Gasteiger partial charge in [0.1, 0.15) is 34.6 Å². The summed E-state index contributed by atoms with van der Waals surface area (Å²) in [5, 5.41) is 47.5. The predicted octanol–water partition coefficient (Wildman–Crippen LogP) is 5.49. The van der Waals surface area contributed by atoms with Crippen LogP contribution in [-0.2, 0) is 23.8 Å². The van der Waals surface area contributed by atoms with Gasteiger partial charge in [-0.2, -0.15) is 0 Å². The standard InChI is InChI=1S/C59H70FN5O15/c1-27-12-11-13-28(2)56(73)61-44-47(63-21-19-62(20-22-63)36-16-18-64(25-36)46-30(4)45-37(35-14-15-35)24-38(58(75)76)57(74)65(45)26-39(46)60)52(71)41-42(51(44)70)50(69)33(7)54-43(41)55(72)59(9,80-54)78-23-17-40(77-10)29(3)53(79-34(8)66)32(6)49(68)31(5)48(27)67/h11-13,17,23-24,26-27,29,31-32,35-36,40,48-49,53,67-69H,14-16,18-22,25H2,1-10H3,(H,61,73)(H,75,76)/t27-,29+,31+,32+,36?,40-,48-,49+,53+,59-/m0/s1. The van der Waals surface area contributed by atoms with E-state index in [9.17, 15) is 44.4 Å². The number of carbonyl (C=O) groups is 6. The Kier molecular flexibility index (Phi) is 15.8. The minimum Gasteiger partial charge on any atom is -0.507 e. The molecule has 7 heterocycles. The van der Waals surface area contributed by atoms with E-state index in [1.807, 2.05) is 4.90 Å². The van der Waals surface area contributed by atoms with E-state index in [1.54, 1.807) is 51.7 Å². The summed E-state index contributed by atoms with van der Waals surface area (Å²) in [4.78, 5) is 103. The number of anilines is 1. The molecule has 5 N–H and O–H groups in total. The molecule has 0 spiro atoms. The van der Waals surface area contributed by atoms with Crippen molar-refractivity contribution in [1.82, 2.24) is 19.5 Å². The summed E-state index contributed by atoms with van der Waals surface area (Å²) < 4.78 is 41.2. The number of allylic oxidation sites excluding steroid dienone is 4. The third-order valence-corrected chi connectivity index (χ3v) is 17.2. The number of methoxy groups -OCH3 is 1. The fraction of sp³-hybridized carbons (Fsp3) is 0.508. The second-order valence-electron chi connectivity index (χ2n) is 22.5. The Morgan fingerprint density at radius 2 is 1.54 bits per heavy atom. The molecule has 0 radical (unpaired) electrons. The van der Waals surface area contributed by atoms with E-state index in [0.29, 0.717) is 54.9 Å². The molecule has 10 atom stereocenters. The molecule has 5 aliphatic heterocycles. The molecule has 1 unspecified atom stereocenters. The lowest BCUT2D eigenvalue weighted by Gasteiger charge is -2.41. The molecule has 5 bridgehead atoms. The summed E-state index contributed by atoms with van der Waals surface area (Å²) in [5.41, 5.74) is -0.987. The van der Waals surface area contributed by atoms with Crippen molar-refractivity contribution >= 4 is 46.4 Å². The van der Waals surface area contributed by atoms with Crippen molar-refractivity contribution in [1.29, 1.82) is 0 Å². The number of hydrogen-bond donors (Lipinski definition) is 5. The van der Waals surface area contributed by atoms with Gasteiger partial charge in [0.25, 0.3) is 17.2 Å². The Morgan fingerprint density at radius 1 is 0.850 bits per heavy atom. The number of carboxylic acids is 1. The molecule has 2 saturated heterocycles. The summed E-state index contributed by atoms with van der Waals surface area (Å²) in [6.07, 6.45) is 6.52. The van der Waals surface area contributed by atoms with E-state index >= 15 is 14.0 Å². The van der Waals surface area contributed by atoms with Crippen molar-refractivity contribution < 1.29 is 72.5 Å². The molecular formula is C59H70FN5O15. The first-order valence-electron chi connectivity index (χ1n) is 27.2. The van der Waals surface area contributed by atoms with Gasteiger partial charge in [0, 0.05) is 101 Å². The van der Waals surface area contributed by atoms with Crippen molar-refractivity contribution in [3.8, 4) is 11.5 Å². The number of carboxylic acid groups (broad SMARTS) is 1. The lowest BCUT2D eigenvalue weighted by Crippen LogP contribution is -2.53. The van der Waals surface area contributed by atoms with Crippen LogP contribution in [0.15, 0.2) is 64.6 Å². The van der Waals surface area contributed by atoms with Gasteiger partial charge in [-0.3, -0.25) is 38.1 Å². The number of halogens is 1. The SMILES string of the molecule is CO[C@H]1C=CO[C@@]2(C)Oc3c(C)c(O)c4c(c3C2=O)C(=O)C(N2CCN(C3CCN(c5c(F)cn6c(=O)c(C(=O)O)cc(C7CC7)c6c5C)C3)CC2)=C(NC(=O)C(C)=CC=C[C@H](C)[C@H](O)[C@@H](C)[C@@H](O)[C@@H](C)[C@H](OC(C)=O)[C@@H]1C)C4=O. The summed E-state index contributed by atoms with van der Waals surface area (Å²) in [7, 11) is 1.41. The number of phenols is 1. The zero-order valence-electron chi connectivity index (χ0n) is 46.6. The quantitative estimate of drug-likeness (QED) is 0.183. The summed E-state index contributed by atoms with van der Waals surface area (Å²) in [6, 6.07) is 1.32. The Morgan fingerprint density at radius 3 is 2.17 bits per heavy atom. The van der Waals surface area contributed by atoms with Crippen molar-refractivity contribution in [3.05, 3.63) is 115 Å². The number of nitrogens with zero attached hydrogens (tertiary/aromatic N) is 4. The molecule has 1 saturated carbocycles. The van der Waals surface area contributed by atoms with E-state index in [-0.39, 0.29) is 53.2 Å². The number of fused-ring (bicyclic) bond motifs is 15. The third-order valence-electron chi connectivity index (χ3n) is 17.2. The van der Waals surface area contributed by atoms with E-state index in [0.717, 1.165) is 29.7 Å². The second kappa shape index (κ2) is 22.0. The minimum absolute atomic E-state index is 0.0429. The number of ketones is 3. The van der Waals surface area contributed by atoms with Gasteiger partial charge in [0.05, 0.1) is 58.7 Å². The summed E-state index contributed by atoms with van der Waals surface area (Å²) >= 11 is 0. The van der Waals surface area contributed by atoms with Gasteiger partial charge in [-0.05, 0) is 69.2 Å². The highest BCUT2D eigenvalue weighted by molar-refractivity contribution is 6.32. The highest BCUT2D eigenvalue weighted by atomic mass is 19.1. The molecule has 3 aromatic rings. The number of piperazine rings is 1. The molecular weight excluding hydrogens is 1040 g/mol. The number of carbonyl (C=O) groups excluding carboxylic acids is 5. The second-order valence-corrected chi connectivity index (χ2v) is 22.5. The molecule has 7 aliphatic rings. The summed E-state index contributed by atoms with van der Waals surface area (Å²) in [6.45, 7) is 15.9. The fourth-order valence-corrected chi connectivity index (χ4v) is 12.4. The van der Waals surface area contributed by atoms with Crippen molar-refractivity contribution in [2.24, 2.45) is 23.7 Å². The van der Waals surface area contributed by atoms with Gasteiger partial charge in [-0.1, -0.05) is 45.9 Å². The number of pyridine rings is 2. The number of hydrogen-bond acceptors (Lipinski definition) is 17. The number of aromatic hydroxyl groups is 1. The zero-order valence-corrected chi connectivity index (χ0v) is 46.6. The van der Waals surface area contributed by atoms with Crippen LogP contribution in [0.4, 0.5) is 10.1 Å². The number of ether oxygens (including phenoxy) is 4. The number of aliphatic hydroxyl groups excluding tert-OH is 2. The van der Waals surface area contributed by atoms with E-state index in [2.05, 4.69) is 10.2 Å². The number of esters is 1. The number of benzene rings is 1. The predicted molar refractivity (Wildman–Crippen MR) is 289 cm³/mol. The Balaban J connectivity index is 1.05. The average Bonchev–Trinajstić information content (AvgIpc) is 4.21. The van der Waals surface area contributed by atoms with Crippen molar-refractivity contribution in [2.75, 3.05) is 51.3 Å². The number of aromatic nitrogens is 1. The maximum absolute atomic E-state index is 16.3. The number of aromatic carboxylic acids is 1. The molecule has 2 aliphatic carbocycles. The van der Waals surface area contributed by atoms with Crippen molar-refractivity contribution in [2.45, 2.75) is 124 Å². The Hall–Kier alpha value is -7.20. The molecule has 20 nitrogen and oxygen atoms in total. The number of aryl methyl sites for hydroxylation is 1. The van der Waals surface area contributed by atoms with Gasteiger partial charge in [0.15, 0.2) is 5.82 Å². The van der Waals surface area contributed by atoms with Crippen LogP contribution in [0.5, 0.6) is 11.5 Å². The molecule has 21 heteroatoms. The Bertz CT molecular complexity index is 3300. The van der Waals surface area contributed by atoms with Crippen LogP contribution in [-0.4, -0.2) is 152 Å². The van der Waals surface area contributed by atoms with Crippen molar-refractivity contribution in [3.63, 3.8) is 0 Å². The van der Waals surface area contributed by atoms with Crippen LogP contribution in [0, 0.1) is 43.3 Å². The molecule has 3 fully saturated rings. The molecule has 1 aromatic carbocycles. The Labute approximate surface area is 462 Å². The van der Waals surface area contributed by atoms with E-state index in [1.165, 1.54) is 53.0 Å². The van der Waals surface area contributed by atoms with Crippen LogP contribution in [0.2, 0.25) is 0 Å². The topological polar surface area (TPSA) is 263 Å². The largest absolute Gasteiger partial charge is 0.507 e. The third kappa shape index (κ3) is 10.1. The number of phenolic OH excluding ortho intramolecular Hbond substituents is 1. The normalized spacial score (nSPS) is 29.0. The lowest BCUT2D eigenvalue weighted by molar-refractivity contribution is -0.160. The summed E-state index contributed by atoms with van der Waals surface area (Å²) in [5.74, 6) is -11.7. The van der Waals surface area contributed by atoms with Gasteiger partial charge in [0.2, 0.25) is 11.6 Å². The van der Waals surface area contributed by atoms with E-state index < -0.39 is 129 Å². The zero-order chi connectivity index (χ0) is 58.1. The van der Waals surface area contributed by atoms with Crippen LogP contribution in [0.1, 0.15) is 132 Å². The molecule has 10 rings (SSSR count). The molecule has 2 aromatic heterocycles. The fourth-order valence-electron chi connectivity index (χ4n) is 12.4. The molecule has 428 valence electrons. The monoisotopic (exact) mass is 1110 g/mol. The number of amides is 1. The number of Topliss-reactive ketones (excluding diaryl/α,β-unsaturated/α-hetero) is 3. The van der Waals surface area contributed by atoms with Crippen LogP contribution in [0.25, 0.3) is 5.52 Å². The van der Waals surface area contributed by atoms with Gasteiger partial charge in [-0.15, -0.1) is 0 Å². The lowest BCUT2D eigenvalue weighted by atomic mass is 9.78. The minimum atomic E-state index is -2.16. The molecule has 80 heavy (non-hydrogen) atoms. The highest BCUT2D eigenvalue weighted by Gasteiger charge is 2.53. The number of aliphatic hydroxyl groups is 2. The molecule has 1 amide bonds. The smallest absolute Gasteiger partial charge is 0.341 e. The van der Waals surface area contributed by atoms with Gasteiger partial charge < -0.3 is 54.5 Å². The number of nitrogens with one attached hydrogen (secondary N) is 1. The van der Waals surface area contributed by atoms with Crippen LogP contribution < -0.4 is 20.5 Å². The first-order valence-corrected chi connectivity index (χ1v) is 27.2. The highest BCUT2D eigenvalue weighted by Crippen LogP contribution is 2.50.